The number of ether oxygens (including phenoxy) is 2. The molecule has 0 amide bonds. The number of esters is 1. The minimum atomic E-state index is -0.458. The van der Waals surface area contributed by atoms with Crippen molar-refractivity contribution in [3.8, 4) is 5.75 Å². The average Bonchev–Trinajstić information content (AvgIpc) is 2.82. The summed E-state index contributed by atoms with van der Waals surface area (Å²) < 4.78 is 12.0. The molecule has 0 fully saturated rings. The summed E-state index contributed by atoms with van der Waals surface area (Å²) in [5, 5.41) is 4.06. The number of nitrogens with zero attached hydrogens (tertiary/aromatic N) is 2. The van der Waals surface area contributed by atoms with E-state index in [4.69, 9.17) is 15.2 Å². The lowest BCUT2D eigenvalue weighted by molar-refractivity contribution is 0.0527. The molecule has 0 saturated heterocycles. The van der Waals surface area contributed by atoms with Gasteiger partial charge in [-0.2, -0.15) is 5.10 Å². The molecule has 106 valence electrons. The van der Waals surface area contributed by atoms with Gasteiger partial charge in [0, 0.05) is 0 Å². The second-order valence-corrected chi connectivity index (χ2v) is 4.05. The number of nitrogen functional groups attached to an aromatic ring is 1. The monoisotopic (exact) mass is 275 g/mol. The van der Waals surface area contributed by atoms with Crippen LogP contribution in [0.15, 0.2) is 36.5 Å². The third-order valence-corrected chi connectivity index (χ3v) is 2.69. The van der Waals surface area contributed by atoms with Crippen molar-refractivity contribution in [1.29, 1.82) is 0 Å². The summed E-state index contributed by atoms with van der Waals surface area (Å²) in [5.41, 5.74) is 6.14. The highest BCUT2D eigenvalue weighted by molar-refractivity contribution is 5.93. The maximum Gasteiger partial charge on any atom is 0.343 e. The van der Waals surface area contributed by atoms with Gasteiger partial charge in [0.2, 0.25) is 0 Å². The zero-order valence-electron chi connectivity index (χ0n) is 11.3. The lowest BCUT2D eigenvalue weighted by Gasteiger charge is -2.07. The van der Waals surface area contributed by atoms with Crippen molar-refractivity contribution in [3.63, 3.8) is 0 Å². The van der Waals surface area contributed by atoms with Crippen LogP contribution in [0.2, 0.25) is 0 Å². The maximum absolute atomic E-state index is 11.6. The fraction of sp³-hybridized carbons (Fsp3) is 0.286. The molecule has 0 radical (unpaired) electrons. The summed E-state index contributed by atoms with van der Waals surface area (Å²) in [4.78, 5) is 11.6. The highest BCUT2D eigenvalue weighted by Gasteiger charge is 2.15. The molecule has 0 unspecified atom stereocenters. The first kappa shape index (κ1) is 13.9. The number of rotatable bonds is 6. The molecule has 0 aliphatic carbocycles. The summed E-state index contributed by atoms with van der Waals surface area (Å²) in [6, 6.07) is 9.46. The van der Waals surface area contributed by atoms with Gasteiger partial charge in [0.05, 0.1) is 19.3 Å². The van der Waals surface area contributed by atoms with Crippen LogP contribution in [0.3, 0.4) is 0 Å². The number of hydrogen-bond acceptors (Lipinski definition) is 5. The molecular formula is C14H17N3O3. The van der Waals surface area contributed by atoms with Gasteiger partial charge in [-0.15, -0.1) is 0 Å². The number of hydrogen-bond donors (Lipinski definition) is 1. The Hall–Kier alpha value is -2.50. The van der Waals surface area contributed by atoms with Crippen LogP contribution in [0.4, 0.5) is 5.82 Å². The third-order valence-electron chi connectivity index (χ3n) is 2.69. The Kier molecular flexibility index (Phi) is 4.60. The molecule has 0 aliphatic heterocycles. The SMILES string of the molecule is CCOC(=O)c1cnn(CCOc2ccccc2)c1N. The minimum absolute atomic E-state index is 0.284. The van der Waals surface area contributed by atoms with Gasteiger partial charge in [-0.05, 0) is 19.1 Å². The summed E-state index contributed by atoms with van der Waals surface area (Å²) >= 11 is 0. The minimum Gasteiger partial charge on any atom is -0.492 e. The molecule has 0 atom stereocenters. The molecule has 2 N–H and O–H groups in total. The van der Waals surface area contributed by atoms with Crippen molar-refractivity contribution in [3.05, 3.63) is 42.1 Å². The molecule has 0 saturated carbocycles. The van der Waals surface area contributed by atoms with Gasteiger partial charge in [0.25, 0.3) is 0 Å². The van der Waals surface area contributed by atoms with E-state index in [0.29, 0.717) is 25.6 Å². The van der Waals surface area contributed by atoms with Crippen LogP contribution >= 0.6 is 0 Å². The first-order chi connectivity index (χ1) is 9.72. The first-order valence-corrected chi connectivity index (χ1v) is 6.38. The summed E-state index contributed by atoms with van der Waals surface area (Å²) in [6.07, 6.45) is 1.41. The molecule has 1 aromatic carbocycles. The average molecular weight is 275 g/mol. The van der Waals surface area contributed by atoms with Crippen LogP contribution in [0.5, 0.6) is 5.75 Å². The summed E-state index contributed by atoms with van der Waals surface area (Å²) in [7, 11) is 0. The van der Waals surface area contributed by atoms with Gasteiger partial charge in [-0.25, -0.2) is 9.48 Å². The fourth-order valence-electron chi connectivity index (χ4n) is 1.71. The maximum atomic E-state index is 11.6. The number of para-hydroxylation sites is 1. The van der Waals surface area contributed by atoms with Crippen LogP contribution in [0.25, 0.3) is 0 Å². The van der Waals surface area contributed by atoms with Crippen molar-refractivity contribution in [1.82, 2.24) is 9.78 Å². The largest absolute Gasteiger partial charge is 0.492 e. The Balaban J connectivity index is 1.92. The number of nitrogens with two attached hydrogens (primary N) is 1. The smallest absolute Gasteiger partial charge is 0.343 e. The second-order valence-electron chi connectivity index (χ2n) is 4.05. The van der Waals surface area contributed by atoms with Crippen LogP contribution in [0, 0.1) is 0 Å². The van der Waals surface area contributed by atoms with Gasteiger partial charge in [0.15, 0.2) is 0 Å². The molecule has 0 spiro atoms. The molecule has 6 heteroatoms. The van der Waals surface area contributed by atoms with E-state index < -0.39 is 5.97 Å². The lowest BCUT2D eigenvalue weighted by atomic mass is 10.3. The molecule has 20 heavy (non-hydrogen) atoms. The molecule has 1 aromatic heterocycles. The number of carbonyl (C=O) groups is 1. The molecule has 0 bridgehead atoms. The van der Waals surface area contributed by atoms with Crippen LogP contribution in [-0.2, 0) is 11.3 Å². The topological polar surface area (TPSA) is 79.4 Å². The fourth-order valence-corrected chi connectivity index (χ4v) is 1.71. The lowest BCUT2D eigenvalue weighted by Crippen LogP contribution is -2.13. The Morgan fingerprint density at radius 1 is 1.35 bits per heavy atom. The molecule has 2 aromatic rings. The van der Waals surface area contributed by atoms with E-state index in [9.17, 15) is 4.79 Å². The number of carbonyl (C=O) groups excluding carboxylic acids is 1. The van der Waals surface area contributed by atoms with Crippen LogP contribution in [0.1, 0.15) is 17.3 Å². The standard InChI is InChI=1S/C14H17N3O3/c1-2-19-14(18)12-10-16-17(13(12)15)8-9-20-11-6-4-3-5-7-11/h3-7,10H,2,8-9,15H2,1H3. The predicted octanol–water partition coefficient (Wildman–Crippen LogP) is 1.72. The van der Waals surface area contributed by atoms with E-state index in [0.717, 1.165) is 5.75 Å². The van der Waals surface area contributed by atoms with E-state index in [-0.39, 0.29) is 5.56 Å². The Morgan fingerprint density at radius 2 is 2.10 bits per heavy atom. The van der Waals surface area contributed by atoms with Crippen LogP contribution < -0.4 is 10.5 Å². The van der Waals surface area contributed by atoms with E-state index >= 15 is 0 Å². The van der Waals surface area contributed by atoms with Crippen molar-refractivity contribution < 1.29 is 14.3 Å². The summed E-state index contributed by atoms with van der Waals surface area (Å²) in [5.74, 6) is 0.615. The zero-order chi connectivity index (χ0) is 14.4. The molecule has 2 rings (SSSR count). The van der Waals surface area contributed by atoms with E-state index in [1.54, 1.807) is 6.92 Å². The Labute approximate surface area is 117 Å². The first-order valence-electron chi connectivity index (χ1n) is 6.38. The Morgan fingerprint density at radius 3 is 2.80 bits per heavy atom. The van der Waals surface area contributed by atoms with Crippen molar-refractivity contribution in [2.45, 2.75) is 13.5 Å². The van der Waals surface area contributed by atoms with E-state index in [1.807, 2.05) is 30.3 Å². The quantitative estimate of drug-likeness (QED) is 0.812. The molecule has 0 aliphatic rings. The molecule has 6 nitrogen and oxygen atoms in total. The van der Waals surface area contributed by atoms with Crippen molar-refractivity contribution in [2.75, 3.05) is 18.9 Å². The van der Waals surface area contributed by atoms with Crippen LogP contribution in [-0.4, -0.2) is 29.0 Å². The van der Waals surface area contributed by atoms with Gasteiger partial charge in [-0.1, -0.05) is 18.2 Å². The number of aromatic nitrogens is 2. The highest BCUT2D eigenvalue weighted by atomic mass is 16.5. The molecular weight excluding hydrogens is 258 g/mol. The normalized spacial score (nSPS) is 10.2. The van der Waals surface area contributed by atoms with E-state index in [1.165, 1.54) is 10.9 Å². The number of anilines is 1. The Bertz CT molecular complexity index is 566. The van der Waals surface area contributed by atoms with Gasteiger partial charge in [-0.3, -0.25) is 0 Å². The van der Waals surface area contributed by atoms with Crippen molar-refractivity contribution >= 4 is 11.8 Å². The highest BCUT2D eigenvalue weighted by Crippen LogP contribution is 2.13. The van der Waals surface area contributed by atoms with Gasteiger partial charge in [0.1, 0.15) is 23.7 Å². The predicted molar refractivity (Wildman–Crippen MR) is 74.5 cm³/mol. The third kappa shape index (κ3) is 3.28. The van der Waals surface area contributed by atoms with E-state index in [2.05, 4.69) is 5.10 Å². The van der Waals surface area contributed by atoms with Gasteiger partial charge >= 0.3 is 5.97 Å². The van der Waals surface area contributed by atoms with Crippen molar-refractivity contribution in [2.24, 2.45) is 0 Å². The number of benzene rings is 1. The second kappa shape index (κ2) is 6.60. The van der Waals surface area contributed by atoms with Gasteiger partial charge < -0.3 is 15.2 Å². The summed E-state index contributed by atoms with van der Waals surface area (Å²) in [6.45, 7) is 2.92. The molecule has 1 heterocycles. The zero-order valence-corrected chi connectivity index (χ0v) is 11.3.